The number of benzene rings is 1. The van der Waals surface area contributed by atoms with Gasteiger partial charge < -0.3 is 4.98 Å². The van der Waals surface area contributed by atoms with E-state index in [9.17, 15) is 19.7 Å². The SMILES string of the molecule is CCc1[nH]c(=O)ccc1C(=O)c1ccc([N+](=O)[O-])cc1. The highest BCUT2D eigenvalue weighted by atomic mass is 16.6. The third kappa shape index (κ3) is 2.64. The number of hydrogen-bond acceptors (Lipinski definition) is 4. The fourth-order valence-electron chi connectivity index (χ4n) is 1.90. The summed E-state index contributed by atoms with van der Waals surface area (Å²) < 4.78 is 0. The highest BCUT2D eigenvalue weighted by molar-refractivity contribution is 6.09. The van der Waals surface area contributed by atoms with Gasteiger partial charge in [-0.05, 0) is 24.6 Å². The number of nitro benzene ring substituents is 1. The van der Waals surface area contributed by atoms with Gasteiger partial charge in [0.1, 0.15) is 0 Å². The number of H-pyrrole nitrogens is 1. The number of hydrogen-bond donors (Lipinski definition) is 1. The van der Waals surface area contributed by atoms with E-state index in [1.165, 1.54) is 36.4 Å². The van der Waals surface area contributed by atoms with Gasteiger partial charge in [-0.25, -0.2) is 0 Å². The Labute approximate surface area is 114 Å². The second-order valence-corrected chi connectivity index (χ2v) is 4.20. The van der Waals surface area contributed by atoms with Gasteiger partial charge in [0.25, 0.3) is 5.69 Å². The maximum atomic E-state index is 12.3. The summed E-state index contributed by atoms with van der Waals surface area (Å²) >= 11 is 0. The molecule has 0 amide bonds. The number of rotatable bonds is 4. The lowest BCUT2D eigenvalue weighted by Crippen LogP contribution is -2.13. The van der Waals surface area contributed by atoms with Gasteiger partial charge >= 0.3 is 0 Å². The van der Waals surface area contributed by atoms with E-state index in [0.29, 0.717) is 23.2 Å². The molecule has 0 fully saturated rings. The maximum Gasteiger partial charge on any atom is 0.269 e. The zero-order valence-corrected chi connectivity index (χ0v) is 10.8. The second-order valence-electron chi connectivity index (χ2n) is 4.20. The van der Waals surface area contributed by atoms with E-state index in [2.05, 4.69) is 4.98 Å². The summed E-state index contributed by atoms with van der Waals surface area (Å²) in [5, 5.41) is 10.6. The minimum atomic E-state index is -0.522. The minimum absolute atomic E-state index is 0.0706. The first-order chi connectivity index (χ1) is 9.52. The number of nitrogens with one attached hydrogen (secondary N) is 1. The van der Waals surface area contributed by atoms with Gasteiger partial charge in [-0.15, -0.1) is 0 Å². The van der Waals surface area contributed by atoms with Gasteiger partial charge in [0.2, 0.25) is 5.56 Å². The van der Waals surface area contributed by atoms with Crippen molar-refractivity contribution >= 4 is 11.5 Å². The van der Waals surface area contributed by atoms with Crippen molar-refractivity contribution in [2.45, 2.75) is 13.3 Å². The molecule has 0 aliphatic carbocycles. The molecule has 0 radical (unpaired) electrons. The van der Waals surface area contributed by atoms with Crippen LogP contribution in [-0.2, 0) is 6.42 Å². The smallest absolute Gasteiger partial charge is 0.269 e. The van der Waals surface area contributed by atoms with E-state index in [-0.39, 0.29) is 17.0 Å². The first-order valence-electron chi connectivity index (χ1n) is 6.04. The zero-order chi connectivity index (χ0) is 14.7. The van der Waals surface area contributed by atoms with Crippen molar-refractivity contribution < 1.29 is 9.72 Å². The van der Waals surface area contributed by atoms with E-state index < -0.39 is 4.92 Å². The van der Waals surface area contributed by atoms with Crippen LogP contribution in [-0.4, -0.2) is 15.7 Å². The standard InChI is InChI=1S/C14H12N2O4/c1-2-12-11(7-8-13(17)15-12)14(18)9-3-5-10(6-4-9)16(19)20/h3-8H,2H2,1H3,(H,15,17). The number of nitrogens with zero attached hydrogens (tertiary/aromatic N) is 1. The number of carbonyl (C=O) groups is 1. The minimum Gasteiger partial charge on any atom is -0.325 e. The van der Waals surface area contributed by atoms with Crippen molar-refractivity contribution in [3.05, 3.63) is 73.7 Å². The van der Waals surface area contributed by atoms with Crippen LogP contribution in [0.15, 0.2) is 41.2 Å². The number of ketones is 1. The van der Waals surface area contributed by atoms with Gasteiger partial charge in [-0.3, -0.25) is 19.7 Å². The van der Waals surface area contributed by atoms with E-state index in [1.54, 1.807) is 0 Å². The molecule has 6 heteroatoms. The van der Waals surface area contributed by atoms with Crippen LogP contribution in [0.4, 0.5) is 5.69 Å². The molecule has 1 heterocycles. The third-order valence-corrected chi connectivity index (χ3v) is 2.94. The Kier molecular flexibility index (Phi) is 3.74. The van der Waals surface area contributed by atoms with Crippen LogP contribution < -0.4 is 5.56 Å². The van der Waals surface area contributed by atoms with Crippen LogP contribution >= 0.6 is 0 Å². The zero-order valence-electron chi connectivity index (χ0n) is 10.8. The molecule has 6 nitrogen and oxygen atoms in total. The molecule has 0 bridgehead atoms. The van der Waals surface area contributed by atoms with Gasteiger partial charge in [0.15, 0.2) is 5.78 Å². The number of nitro groups is 1. The monoisotopic (exact) mass is 272 g/mol. The summed E-state index contributed by atoms with van der Waals surface area (Å²) in [6, 6.07) is 8.14. The summed E-state index contributed by atoms with van der Waals surface area (Å²) in [4.78, 5) is 36.2. The van der Waals surface area contributed by atoms with Crippen molar-refractivity contribution in [3.8, 4) is 0 Å². The normalized spacial score (nSPS) is 10.2. The van der Waals surface area contributed by atoms with E-state index in [1.807, 2.05) is 6.92 Å². The third-order valence-electron chi connectivity index (χ3n) is 2.94. The highest BCUT2D eigenvalue weighted by Crippen LogP contribution is 2.16. The highest BCUT2D eigenvalue weighted by Gasteiger charge is 2.15. The second kappa shape index (κ2) is 5.48. The molecule has 0 saturated carbocycles. The number of non-ortho nitro benzene ring substituents is 1. The van der Waals surface area contributed by atoms with Crippen LogP contribution in [0.5, 0.6) is 0 Å². The molecule has 102 valence electrons. The number of aromatic nitrogens is 1. The Hall–Kier alpha value is -2.76. The molecule has 1 N–H and O–H groups in total. The predicted molar refractivity (Wildman–Crippen MR) is 73.0 cm³/mol. The van der Waals surface area contributed by atoms with Gasteiger partial charge in [-0.2, -0.15) is 0 Å². The first kappa shape index (κ1) is 13.7. The molecule has 0 atom stereocenters. The summed E-state index contributed by atoms with van der Waals surface area (Å²) in [6.07, 6.45) is 0.518. The first-order valence-corrected chi connectivity index (χ1v) is 6.04. The van der Waals surface area contributed by atoms with E-state index in [0.717, 1.165) is 0 Å². The number of carbonyl (C=O) groups excluding carboxylic acids is 1. The Morgan fingerprint density at radius 1 is 1.20 bits per heavy atom. The topological polar surface area (TPSA) is 93.1 Å². The fourth-order valence-corrected chi connectivity index (χ4v) is 1.90. The maximum absolute atomic E-state index is 12.3. The average Bonchev–Trinajstić information content (AvgIpc) is 2.46. The molecule has 1 aromatic carbocycles. The van der Waals surface area contributed by atoms with Crippen LogP contribution in [0.25, 0.3) is 0 Å². The molecule has 0 spiro atoms. The molecule has 0 unspecified atom stereocenters. The summed E-state index contributed by atoms with van der Waals surface area (Å²) in [6.45, 7) is 1.83. The quantitative estimate of drug-likeness (QED) is 0.524. The Morgan fingerprint density at radius 3 is 2.40 bits per heavy atom. The van der Waals surface area contributed by atoms with Gasteiger partial charge in [-0.1, -0.05) is 6.92 Å². The Morgan fingerprint density at radius 2 is 1.85 bits per heavy atom. The number of pyridine rings is 1. The van der Waals surface area contributed by atoms with E-state index >= 15 is 0 Å². The largest absolute Gasteiger partial charge is 0.325 e. The number of aromatic amines is 1. The van der Waals surface area contributed by atoms with Crippen molar-refractivity contribution in [2.75, 3.05) is 0 Å². The lowest BCUT2D eigenvalue weighted by molar-refractivity contribution is -0.384. The van der Waals surface area contributed by atoms with Crippen LogP contribution in [0.3, 0.4) is 0 Å². The molecule has 0 saturated heterocycles. The molecule has 2 aromatic rings. The molecule has 1 aromatic heterocycles. The van der Waals surface area contributed by atoms with Gasteiger partial charge in [0.05, 0.1) is 4.92 Å². The van der Waals surface area contributed by atoms with Crippen LogP contribution in [0, 0.1) is 10.1 Å². The van der Waals surface area contributed by atoms with Crippen LogP contribution in [0.1, 0.15) is 28.5 Å². The Balaban J connectivity index is 2.41. The van der Waals surface area contributed by atoms with E-state index in [4.69, 9.17) is 0 Å². The van der Waals surface area contributed by atoms with Crippen molar-refractivity contribution in [2.24, 2.45) is 0 Å². The molecular formula is C14H12N2O4. The van der Waals surface area contributed by atoms with Crippen LogP contribution in [0.2, 0.25) is 0 Å². The Bertz CT molecular complexity index is 717. The molecular weight excluding hydrogens is 260 g/mol. The molecule has 0 aliphatic rings. The summed E-state index contributed by atoms with van der Waals surface area (Å²) in [5.41, 5.74) is 0.972. The average molecular weight is 272 g/mol. The fraction of sp³-hybridized carbons (Fsp3) is 0.143. The summed E-state index contributed by atoms with van der Waals surface area (Å²) in [5.74, 6) is -0.270. The lowest BCUT2D eigenvalue weighted by Gasteiger charge is -2.06. The number of aryl methyl sites for hydroxylation is 1. The van der Waals surface area contributed by atoms with Crippen molar-refractivity contribution in [3.63, 3.8) is 0 Å². The van der Waals surface area contributed by atoms with Gasteiger partial charge in [0, 0.05) is 35.0 Å². The predicted octanol–water partition coefficient (Wildman–Crippen LogP) is 2.08. The van der Waals surface area contributed by atoms with Crippen molar-refractivity contribution in [1.29, 1.82) is 0 Å². The summed E-state index contributed by atoms with van der Waals surface area (Å²) in [7, 11) is 0. The molecule has 20 heavy (non-hydrogen) atoms. The molecule has 0 aliphatic heterocycles. The molecule has 2 rings (SSSR count). The van der Waals surface area contributed by atoms with Crippen molar-refractivity contribution in [1.82, 2.24) is 4.98 Å². The lowest BCUT2D eigenvalue weighted by atomic mass is 10.0.